The smallest absolute Gasteiger partial charge is 0.337 e. The number of benzene rings is 1. The normalized spacial score (nSPS) is 19.8. The SMILES string of the molecule is CCC1CCCN(c2ccc(N)cc2C(=O)O)C1. The Hall–Kier alpha value is -1.71. The lowest BCUT2D eigenvalue weighted by Gasteiger charge is -2.34. The van der Waals surface area contributed by atoms with E-state index >= 15 is 0 Å². The van der Waals surface area contributed by atoms with Gasteiger partial charge in [-0.2, -0.15) is 0 Å². The molecule has 4 heteroatoms. The number of rotatable bonds is 3. The molecular weight excluding hydrogens is 228 g/mol. The van der Waals surface area contributed by atoms with Crippen molar-refractivity contribution in [2.24, 2.45) is 5.92 Å². The number of nitrogens with two attached hydrogens (primary N) is 1. The van der Waals surface area contributed by atoms with Crippen LogP contribution in [0.3, 0.4) is 0 Å². The zero-order valence-corrected chi connectivity index (χ0v) is 10.7. The van der Waals surface area contributed by atoms with Gasteiger partial charge in [-0.3, -0.25) is 0 Å². The van der Waals surface area contributed by atoms with E-state index in [2.05, 4.69) is 11.8 Å². The van der Waals surface area contributed by atoms with Crippen molar-refractivity contribution < 1.29 is 9.90 Å². The Morgan fingerprint density at radius 3 is 3.00 bits per heavy atom. The van der Waals surface area contributed by atoms with E-state index in [1.165, 1.54) is 6.42 Å². The Morgan fingerprint density at radius 1 is 1.56 bits per heavy atom. The van der Waals surface area contributed by atoms with Crippen LogP contribution in [-0.2, 0) is 0 Å². The summed E-state index contributed by atoms with van der Waals surface area (Å²) in [7, 11) is 0. The molecule has 1 saturated heterocycles. The van der Waals surface area contributed by atoms with Gasteiger partial charge in [-0.15, -0.1) is 0 Å². The van der Waals surface area contributed by atoms with Crippen molar-refractivity contribution in [3.8, 4) is 0 Å². The van der Waals surface area contributed by atoms with E-state index in [0.717, 1.165) is 31.6 Å². The Morgan fingerprint density at radius 2 is 2.33 bits per heavy atom. The quantitative estimate of drug-likeness (QED) is 0.807. The summed E-state index contributed by atoms with van der Waals surface area (Å²) in [5.41, 5.74) is 7.28. The molecule has 1 aromatic carbocycles. The molecule has 1 aliphatic heterocycles. The summed E-state index contributed by atoms with van der Waals surface area (Å²) >= 11 is 0. The molecular formula is C14H20N2O2. The topological polar surface area (TPSA) is 66.6 Å². The van der Waals surface area contributed by atoms with Crippen LogP contribution in [0.15, 0.2) is 18.2 Å². The highest BCUT2D eigenvalue weighted by atomic mass is 16.4. The molecule has 3 N–H and O–H groups in total. The lowest BCUT2D eigenvalue weighted by molar-refractivity contribution is 0.0697. The molecule has 1 heterocycles. The number of nitrogens with zero attached hydrogens (tertiary/aromatic N) is 1. The first-order chi connectivity index (χ1) is 8.61. The predicted octanol–water partition coefficient (Wildman–Crippen LogP) is 2.59. The molecule has 1 aromatic rings. The van der Waals surface area contributed by atoms with Crippen molar-refractivity contribution in [2.45, 2.75) is 26.2 Å². The highest BCUT2D eigenvalue weighted by Gasteiger charge is 2.22. The van der Waals surface area contributed by atoms with Crippen LogP contribution in [0, 0.1) is 5.92 Å². The maximum absolute atomic E-state index is 11.3. The van der Waals surface area contributed by atoms with Gasteiger partial charge in [-0.25, -0.2) is 4.79 Å². The first-order valence-corrected chi connectivity index (χ1v) is 6.49. The van der Waals surface area contributed by atoms with E-state index in [1.54, 1.807) is 12.1 Å². The summed E-state index contributed by atoms with van der Waals surface area (Å²) in [5.74, 6) is -0.242. The number of hydrogen-bond acceptors (Lipinski definition) is 3. The van der Waals surface area contributed by atoms with E-state index in [1.807, 2.05) is 6.07 Å². The highest BCUT2D eigenvalue weighted by Crippen LogP contribution is 2.29. The van der Waals surface area contributed by atoms with Gasteiger partial charge in [0.05, 0.1) is 11.3 Å². The number of hydrogen-bond donors (Lipinski definition) is 2. The number of nitrogen functional groups attached to an aromatic ring is 1. The fourth-order valence-electron chi connectivity index (χ4n) is 2.62. The van der Waals surface area contributed by atoms with Gasteiger partial charge < -0.3 is 15.7 Å². The monoisotopic (exact) mass is 248 g/mol. The van der Waals surface area contributed by atoms with Crippen molar-refractivity contribution in [3.63, 3.8) is 0 Å². The van der Waals surface area contributed by atoms with Gasteiger partial charge in [0.15, 0.2) is 0 Å². The van der Waals surface area contributed by atoms with E-state index in [9.17, 15) is 9.90 Å². The zero-order chi connectivity index (χ0) is 13.1. The number of piperidine rings is 1. The van der Waals surface area contributed by atoms with Crippen LogP contribution < -0.4 is 10.6 Å². The van der Waals surface area contributed by atoms with Crippen LogP contribution in [0.5, 0.6) is 0 Å². The van der Waals surface area contributed by atoms with Crippen molar-refractivity contribution in [3.05, 3.63) is 23.8 Å². The summed E-state index contributed by atoms with van der Waals surface area (Å²) in [5, 5.41) is 9.26. The van der Waals surface area contributed by atoms with Gasteiger partial charge in [-0.1, -0.05) is 13.3 Å². The van der Waals surface area contributed by atoms with Gasteiger partial charge in [-0.05, 0) is 37.0 Å². The molecule has 18 heavy (non-hydrogen) atoms. The van der Waals surface area contributed by atoms with Gasteiger partial charge >= 0.3 is 5.97 Å². The van der Waals surface area contributed by atoms with Gasteiger partial charge in [0.1, 0.15) is 0 Å². The third kappa shape index (κ3) is 2.58. The maximum Gasteiger partial charge on any atom is 0.337 e. The van der Waals surface area contributed by atoms with Crippen LogP contribution in [0.1, 0.15) is 36.5 Å². The van der Waals surface area contributed by atoms with Crippen molar-refractivity contribution in [1.29, 1.82) is 0 Å². The van der Waals surface area contributed by atoms with Gasteiger partial charge in [0.2, 0.25) is 0 Å². The second-order valence-electron chi connectivity index (χ2n) is 4.94. The number of carbonyl (C=O) groups is 1. The van der Waals surface area contributed by atoms with Crippen molar-refractivity contribution in [1.82, 2.24) is 0 Å². The maximum atomic E-state index is 11.3. The van der Waals surface area contributed by atoms with Gasteiger partial charge in [0.25, 0.3) is 0 Å². The summed E-state index contributed by atoms with van der Waals surface area (Å²) in [6.07, 6.45) is 3.51. The molecule has 0 saturated carbocycles. The second kappa shape index (κ2) is 5.29. The summed E-state index contributed by atoms with van der Waals surface area (Å²) in [6.45, 7) is 4.07. The average Bonchev–Trinajstić information content (AvgIpc) is 2.38. The molecule has 0 bridgehead atoms. The number of carboxylic acids is 1. The predicted molar refractivity (Wildman–Crippen MR) is 73.0 cm³/mol. The molecule has 1 aliphatic rings. The summed E-state index contributed by atoms with van der Waals surface area (Å²) in [6, 6.07) is 5.15. The number of carboxylic acid groups (broad SMARTS) is 1. The van der Waals surface area contributed by atoms with E-state index in [-0.39, 0.29) is 0 Å². The lowest BCUT2D eigenvalue weighted by Crippen LogP contribution is -2.36. The Labute approximate surface area is 107 Å². The molecule has 0 aliphatic carbocycles. The van der Waals surface area contributed by atoms with E-state index < -0.39 is 5.97 Å². The average molecular weight is 248 g/mol. The molecule has 1 unspecified atom stereocenters. The minimum atomic E-state index is -0.907. The van der Waals surface area contributed by atoms with Gasteiger partial charge in [0, 0.05) is 18.8 Å². The molecule has 1 fully saturated rings. The molecule has 0 spiro atoms. The Kier molecular flexibility index (Phi) is 3.75. The minimum Gasteiger partial charge on any atom is -0.478 e. The fraction of sp³-hybridized carbons (Fsp3) is 0.500. The van der Waals surface area contributed by atoms with E-state index in [0.29, 0.717) is 17.2 Å². The van der Waals surface area contributed by atoms with Crippen molar-refractivity contribution >= 4 is 17.3 Å². The lowest BCUT2D eigenvalue weighted by atomic mass is 9.94. The Bertz CT molecular complexity index is 445. The molecule has 4 nitrogen and oxygen atoms in total. The first-order valence-electron chi connectivity index (χ1n) is 6.49. The standard InChI is InChI=1S/C14H20N2O2/c1-2-10-4-3-7-16(9-10)13-6-5-11(15)8-12(13)14(17)18/h5-6,8,10H,2-4,7,9,15H2,1H3,(H,17,18). The number of aromatic carboxylic acids is 1. The summed E-state index contributed by atoms with van der Waals surface area (Å²) < 4.78 is 0. The third-order valence-electron chi connectivity index (χ3n) is 3.69. The molecule has 2 rings (SSSR count). The molecule has 98 valence electrons. The molecule has 1 atom stereocenters. The van der Waals surface area contributed by atoms with Crippen LogP contribution in [0.25, 0.3) is 0 Å². The van der Waals surface area contributed by atoms with Crippen LogP contribution in [0.2, 0.25) is 0 Å². The minimum absolute atomic E-state index is 0.312. The molecule has 0 amide bonds. The highest BCUT2D eigenvalue weighted by molar-refractivity contribution is 5.95. The third-order valence-corrected chi connectivity index (χ3v) is 3.69. The van der Waals surface area contributed by atoms with Crippen molar-refractivity contribution in [2.75, 3.05) is 23.7 Å². The summed E-state index contributed by atoms with van der Waals surface area (Å²) in [4.78, 5) is 13.5. The fourth-order valence-corrected chi connectivity index (χ4v) is 2.62. The Balaban J connectivity index is 2.29. The molecule has 0 aromatic heterocycles. The van der Waals surface area contributed by atoms with Crippen LogP contribution in [0.4, 0.5) is 11.4 Å². The van der Waals surface area contributed by atoms with E-state index in [4.69, 9.17) is 5.73 Å². The first kappa shape index (κ1) is 12.7. The van der Waals surface area contributed by atoms with Crippen LogP contribution >= 0.6 is 0 Å². The number of anilines is 2. The largest absolute Gasteiger partial charge is 0.478 e. The van der Waals surface area contributed by atoms with Crippen LogP contribution in [-0.4, -0.2) is 24.2 Å². The zero-order valence-electron chi connectivity index (χ0n) is 10.7. The second-order valence-corrected chi connectivity index (χ2v) is 4.94. The molecule has 0 radical (unpaired) electrons.